The van der Waals surface area contributed by atoms with Gasteiger partial charge in [0.1, 0.15) is 0 Å². The molecule has 4 nitrogen and oxygen atoms in total. The van der Waals surface area contributed by atoms with E-state index in [0.29, 0.717) is 16.2 Å². The first kappa shape index (κ1) is 14.8. The Bertz CT molecular complexity index is 630. The van der Waals surface area contributed by atoms with E-state index >= 15 is 0 Å². The SMILES string of the molecule is CCC(C)C(N)C(=O)Nc1ccc(Cl)c2cccnc12. The Labute approximate surface area is 123 Å². The summed E-state index contributed by atoms with van der Waals surface area (Å²) >= 11 is 6.12. The molecule has 0 aliphatic carbocycles. The number of pyridine rings is 1. The van der Waals surface area contributed by atoms with E-state index in [1.165, 1.54) is 0 Å². The second-order valence-electron chi connectivity index (χ2n) is 4.90. The lowest BCUT2D eigenvalue weighted by Crippen LogP contribution is -2.40. The molecule has 0 aliphatic rings. The van der Waals surface area contributed by atoms with Gasteiger partial charge in [0.05, 0.1) is 22.3 Å². The molecule has 1 amide bonds. The van der Waals surface area contributed by atoms with Crippen LogP contribution in [-0.4, -0.2) is 16.9 Å². The van der Waals surface area contributed by atoms with Gasteiger partial charge in [-0.3, -0.25) is 9.78 Å². The van der Waals surface area contributed by atoms with E-state index in [2.05, 4.69) is 10.3 Å². The molecule has 20 heavy (non-hydrogen) atoms. The van der Waals surface area contributed by atoms with Crippen molar-refractivity contribution >= 4 is 34.1 Å². The molecule has 0 radical (unpaired) electrons. The van der Waals surface area contributed by atoms with Crippen molar-refractivity contribution in [1.82, 2.24) is 4.98 Å². The Balaban J connectivity index is 2.31. The van der Waals surface area contributed by atoms with E-state index in [4.69, 9.17) is 17.3 Å². The van der Waals surface area contributed by atoms with Gasteiger partial charge in [0.2, 0.25) is 5.91 Å². The highest BCUT2D eigenvalue weighted by Crippen LogP contribution is 2.28. The number of rotatable bonds is 4. The fourth-order valence-corrected chi connectivity index (χ4v) is 2.18. The summed E-state index contributed by atoms with van der Waals surface area (Å²) in [5.74, 6) is -0.0739. The van der Waals surface area contributed by atoms with Gasteiger partial charge >= 0.3 is 0 Å². The molecule has 1 heterocycles. The van der Waals surface area contributed by atoms with Crippen molar-refractivity contribution in [3.05, 3.63) is 35.5 Å². The van der Waals surface area contributed by atoms with Crippen molar-refractivity contribution in [2.75, 3.05) is 5.32 Å². The van der Waals surface area contributed by atoms with E-state index in [1.54, 1.807) is 18.3 Å². The number of hydrogen-bond donors (Lipinski definition) is 2. The van der Waals surface area contributed by atoms with Crippen LogP contribution in [0.1, 0.15) is 20.3 Å². The average Bonchev–Trinajstić information content (AvgIpc) is 2.48. The number of fused-ring (bicyclic) bond motifs is 1. The van der Waals surface area contributed by atoms with Crippen molar-refractivity contribution in [3.8, 4) is 0 Å². The second-order valence-corrected chi connectivity index (χ2v) is 5.30. The first-order valence-electron chi connectivity index (χ1n) is 6.64. The van der Waals surface area contributed by atoms with E-state index in [-0.39, 0.29) is 11.8 Å². The number of benzene rings is 1. The number of aromatic nitrogens is 1. The molecule has 3 N–H and O–H groups in total. The Kier molecular flexibility index (Phi) is 4.57. The van der Waals surface area contributed by atoms with Gasteiger partial charge in [-0.25, -0.2) is 0 Å². The molecule has 2 atom stereocenters. The van der Waals surface area contributed by atoms with E-state index in [0.717, 1.165) is 11.8 Å². The first-order chi connectivity index (χ1) is 9.54. The third-order valence-electron chi connectivity index (χ3n) is 3.53. The molecule has 0 saturated heterocycles. The van der Waals surface area contributed by atoms with E-state index in [9.17, 15) is 4.79 Å². The van der Waals surface area contributed by atoms with Gasteiger partial charge in [-0.15, -0.1) is 0 Å². The number of amides is 1. The first-order valence-corrected chi connectivity index (χ1v) is 7.02. The molecule has 0 bridgehead atoms. The van der Waals surface area contributed by atoms with Crippen LogP contribution in [0.5, 0.6) is 0 Å². The van der Waals surface area contributed by atoms with Gasteiger partial charge in [0.25, 0.3) is 0 Å². The number of nitrogens with zero attached hydrogens (tertiary/aromatic N) is 1. The molecule has 0 aliphatic heterocycles. The highest BCUT2D eigenvalue weighted by molar-refractivity contribution is 6.35. The summed E-state index contributed by atoms with van der Waals surface area (Å²) < 4.78 is 0. The van der Waals surface area contributed by atoms with Crippen molar-refractivity contribution in [2.24, 2.45) is 11.7 Å². The minimum Gasteiger partial charge on any atom is -0.323 e. The standard InChI is InChI=1S/C15H18ClN3O/c1-3-9(2)13(17)15(20)19-12-7-6-11(16)10-5-4-8-18-14(10)12/h4-9,13H,3,17H2,1-2H3,(H,19,20). The third-order valence-corrected chi connectivity index (χ3v) is 3.86. The summed E-state index contributed by atoms with van der Waals surface area (Å²) in [4.78, 5) is 16.4. The van der Waals surface area contributed by atoms with Crippen molar-refractivity contribution in [1.29, 1.82) is 0 Å². The minimum absolute atomic E-state index is 0.126. The quantitative estimate of drug-likeness (QED) is 0.909. The lowest BCUT2D eigenvalue weighted by atomic mass is 9.99. The predicted molar refractivity (Wildman–Crippen MR) is 82.8 cm³/mol. The molecule has 0 saturated carbocycles. The Morgan fingerprint density at radius 2 is 2.20 bits per heavy atom. The largest absolute Gasteiger partial charge is 0.323 e. The summed E-state index contributed by atoms with van der Waals surface area (Å²) in [5.41, 5.74) is 7.24. The molecule has 106 valence electrons. The van der Waals surface area contributed by atoms with Crippen molar-refractivity contribution in [2.45, 2.75) is 26.3 Å². The van der Waals surface area contributed by atoms with Crippen LogP contribution in [0.3, 0.4) is 0 Å². The molecule has 2 aromatic rings. The monoisotopic (exact) mass is 291 g/mol. The molecular weight excluding hydrogens is 274 g/mol. The molecule has 1 aromatic carbocycles. The summed E-state index contributed by atoms with van der Waals surface area (Å²) in [6, 6.07) is 6.64. The van der Waals surface area contributed by atoms with Crippen molar-refractivity contribution < 1.29 is 4.79 Å². The highest BCUT2D eigenvalue weighted by Gasteiger charge is 2.20. The number of hydrogen-bond acceptors (Lipinski definition) is 3. The smallest absolute Gasteiger partial charge is 0.241 e. The fourth-order valence-electron chi connectivity index (χ4n) is 1.97. The Morgan fingerprint density at radius 3 is 2.90 bits per heavy atom. The number of carbonyl (C=O) groups excluding carboxylic acids is 1. The zero-order valence-electron chi connectivity index (χ0n) is 11.6. The van der Waals surface area contributed by atoms with Crippen LogP contribution in [-0.2, 0) is 4.79 Å². The normalized spacial score (nSPS) is 14.0. The van der Waals surface area contributed by atoms with Crippen LogP contribution in [0, 0.1) is 5.92 Å². The molecule has 2 unspecified atom stereocenters. The molecule has 0 spiro atoms. The van der Waals surface area contributed by atoms with Crippen molar-refractivity contribution in [3.63, 3.8) is 0 Å². The number of carbonyl (C=O) groups is 1. The van der Waals surface area contributed by atoms with Crippen LogP contribution in [0.15, 0.2) is 30.5 Å². The number of halogens is 1. The minimum atomic E-state index is -0.533. The van der Waals surface area contributed by atoms with Gasteiger partial charge in [0, 0.05) is 11.6 Å². The fraction of sp³-hybridized carbons (Fsp3) is 0.333. The zero-order chi connectivity index (χ0) is 14.7. The maximum atomic E-state index is 12.1. The van der Waals surface area contributed by atoms with Crippen LogP contribution in [0.4, 0.5) is 5.69 Å². The summed E-state index contributed by atoms with van der Waals surface area (Å²) in [6.07, 6.45) is 2.52. The third kappa shape index (κ3) is 2.92. The number of nitrogens with two attached hydrogens (primary N) is 1. The van der Waals surface area contributed by atoms with Crippen LogP contribution in [0.25, 0.3) is 10.9 Å². The second kappa shape index (κ2) is 6.20. The average molecular weight is 292 g/mol. The van der Waals surface area contributed by atoms with Gasteiger partial charge < -0.3 is 11.1 Å². The van der Waals surface area contributed by atoms with E-state index in [1.807, 2.05) is 26.0 Å². The highest BCUT2D eigenvalue weighted by atomic mass is 35.5. The molecular formula is C15H18ClN3O. The zero-order valence-corrected chi connectivity index (χ0v) is 12.3. The van der Waals surface area contributed by atoms with Crippen LogP contribution < -0.4 is 11.1 Å². The molecule has 2 rings (SSSR count). The summed E-state index contributed by atoms with van der Waals surface area (Å²) in [6.45, 7) is 3.97. The summed E-state index contributed by atoms with van der Waals surface area (Å²) in [7, 11) is 0. The van der Waals surface area contributed by atoms with Gasteiger partial charge in [-0.05, 0) is 30.2 Å². The maximum Gasteiger partial charge on any atom is 0.241 e. The Hall–Kier alpha value is -1.65. The van der Waals surface area contributed by atoms with E-state index < -0.39 is 6.04 Å². The maximum absolute atomic E-state index is 12.1. The van der Waals surface area contributed by atoms with Gasteiger partial charge in [-0.2, -0.15) is 0 Å². The number of nitrogens with one attached hydrogen (secondary N) is 1. The lowest BCUT2D eigenvalue weighted by molar-refractivity contribution is -0.118. The topological polar surface area (TPSA) is 68.0 Å². The van der Waals surface area contributed by atoms with Gasteiger partial charge in [0.15, 0.2) is 0 Å². The van der Waals surface area contributed by atoms with Crippen LogP contribution in [0.2, 0.25) is 5.02 Å². The molecule has 0 fully saturated rings. The summed E-state index contributed by atoms with van der Waals surface area (Å²) in [5, 5.41) is 4.26. The Morgan fingerprint density at radius 1 is 1.45 bits per heavy atom. The molecule has 5 heteroatoms. The lowest BCUT2D eigenvalue weighted by Gasteiger charge is -2.18. The predicted octanol–water partition coefficient (Wildman–Crippen LogP) is 3.20. The van der Waals surface area contributed by atoms with Gasteiger partial charge in [-0.1, -0.05) is 31.9 Å². The molecule has 1 aromatic heterocycles. The number of anilines is 1. The van der Waals surface area contributed by atoms with Crippen LogP contribution >= 0.6 is 11.6 Å².